The van der Waals surface area contributed by atoms with Gasteiger partial charge in [0, 0.05) is 25.2 Å². The van der Waals surface area contributed by atoms with E-state index in [4.69, 9.17) is 5.73 Å². The molecule has 1 aliphatic carbocycles. The molecule has 1 aromatic carbocycles. The summed E-state index contributed by atoms with van der Waals surface area (Å²) in [6.07, 6.45) is 3.95. The lowest BCUT2D eigenvalue weighted by molar-refractivity contribution is -0.114. The van der Waals surface area contributed by atoms with Crippen molar-refractivity contribution in [3.8, 4) is 0 Å². The van der Waals surface area contributed by atoms with E-state index in [9.17, 15) is 13.2 Å². The van der Waals surface area contributed by atoms with Crippen molar-refractivity contribution in [1.29, 1.82) is 0 Å². The summed E-state index contributed by atoms with van der Waals surface area (Å²) < 4.78 is 27.2. The van der Waals surface area contributed by atoms with E-state index in [2.05, 4.69) is 10.0 Å². The van der Waals surface area contributed by atoms with Crippen LogP contribution >= 0.6 is 0 Å². The number of anilines is 1. The monoisotopic (exact) mass is 325 g/mol. The van der Waals surface area contributed by atoms with Gasteiger partial charge in [0.05, 0.1) is 4.90 Å². The summed E-state index contributed by atoms with van der Waals surface area (Å²) in [5, 5.41) is 2.60. The van der Waals surface area contributed by atoms with Crippen LogP contribution in [-0.4, -0.2) is 26.9 Å². The van der Waals surface area contributed by atoms with Gasteiger partial charge < -0.3 is 11.1 Å². The normalized spacial score (nSPS) is 22.3. The Balaban J connectivity index is 1.96. The van der Waals surface area contributed by atoms with Gasteiger partial charge in [0.15, 0.2) is 0 Å². The van der Waals surface area contributed by atoms with Gasteiger partial charge in [-0.15, -0.1) is 0 Å². The Morgan fingerprint density at radius 3 is 2.55 bits per heavy atom. The Bertz CT molecular complexity index is 613. The van der Waals surface area contributed by atoms with Gasteiger partial charge in [-0.3, -0.25) is 4.79 Å². The topological polar surface area (TPSA) is 101 Å². The van der Waals surface area contributed by atoms with Gasteiger partial charge in [-0.05, 0) is 49.4 Å². The van der Waals surface area contributed by atoms with Crippen molar-refractivity contribution in [3.05, 3.63) is 24.3 Å². The number of benzene rings is 1. The molecule has 2 atom stereocenters. The number of nitrogens with two attached hydrogens (primary N) is 1. The predicted octanol–water partition coefficient (Wildman–Crippen LogP) is 1.44. The molecule has 22 heavy (non-hydrogen) atoms. The molecule has 0 spiro atoms. The number of hydrogen-bond donors (Lipinski definition) is 3. The van der Waals surface area contributed by atoms with E-state index in [0.717, 1.165) is 25.7 Å². The first-order valence-corrected chi connectivity index (χ1v) is 8.98. The van der Waals surface area contributed by atoms with Crippen LogP contribution in [0.25, 0.3) is 0 Å². The fourth-order valence-corrected chi connectivity index (χ4v) is 3.87. The fourth-order valence-electron chi connectivity index (χ4n) is 2.75. The second kappa shape index (κ2) is 7.21. The van der Waals surface area contributed by atoms with Crippen molar-refractivity contribution in [2.45, 2.75) is 43.5 Å². The summed E-state index contributed by atoms with van der Waals surface area (Å²) in [6, 6.07) is 6.31. The number of rotatable bonds is 5. The molecule has 2 rings (SSSR count). The minimum atomic E-state index is -3.53. The minimum Gasteiger partial charge on any atom is -0.328 e. The molecule has 0 bridgehead atoms. The van der Waals surface area contributed by atoms with E-state index in [-0.39, 0.29) is 16.8 Å². The van der Waals surface area contributed by atoms with Gasteiger partial charge in [0.1, 0.15) is 0 Å². The lowest BCUT2D eigenvalue weighted by Crippen LogP contribution is -2.35. The summed E-state index contributed by atoms with van der Waals surface area (Å²) >= 11 is 0. The summed E-state index contributed by atoms with van der Waals surface area (Å²) in [7, 11) is -3.53. The van der Waals surface area contributed by atoms with Crippen LogP contribution in [0.2, 0.25) is 0 Å². The van der Waals surface area contributed by atoms with Crippen LogP contribution in [0.1, 0.15) is 32.6 Å². The highest BCUT2D eigenvalue weighted by molar-refractivity contribution is 7.89. The molecule has 1 saturated carbocycles. The van der Waals surface area contributed by atoms with E-state index < -0.39 is 10.0 Å². The maximum atomic E-state index is 12.3. The van der Waals surface area contributed by atoms with Crippen LogP contribution in [-0.2, 0) is 14.8 Å². The van der Waals surface area contributed by atoms with Gasteiger partial charge >= 0.3 is 0 Å². The number of nitrogens with one attached hydrogen (secondary N) is 2. The quantitative estimate of drug-likeness (QED) is 0.762. The van der Waals surface area contributed by atoms with E-state index in [0.29, 0.717) is 18.2 Å². The molecule has 0 radical (unpaired) electrons. The second-order valence-corrected chi connectivity index (χ2v) is 7.62. The number of sulfonamides is 1. The van der Waals surface area contributed by atoms with Crippen LogP contribution in [0.4, 0.5) is 5.69 Å². The fraction of sp³-hybridized carbons (Fsp3) is 0.533. The van der Waals surface area contributed by atoms with Crippen molar-refractivity contribution in [1.82, 2.24) is 4.72 Å². The SMILES string of the molecule is CC(=O)Nc1ccc(S(=O)(=O)NCC2CCCC(N)C2)cc1. The van der Waals surface area contributed by atoms with Gasteiger partial charge in [-0.1, -0.05) is 6.42 Å². The molecule has 4 N–H and O–H groups in total. The smallest absolute Gasteiger partial charge is 0.240 e. The molecule has 6 nitrogen and oxygen atoms in total. The zero-order chi connectivity index (χ0) is 16.2. The molecule has 2 unspecified atom stereocenters. The maximum absolute atomic E-state index is 12.3. The van der Waals surface area contributed by atoms with E-state index in [1.165, 1.54) is 19.1 Å². The van der Waals surface area contributed by atoms with E-state index >= 15 is 0 Å². The second-order valence-electron chi connectivity index (χ2n) is 5.85. The Hall–Kier alpha value is -1.44. The maximum Gasteiger partial charge on any atom is 0.240 e. The summed E-state index contributed by atoms with van der Waals surface area (Å²) in [4.78, 5) is 11.1. The zero-order valence-electron chi connectivity index (χ0n) is 12.7. The van der Waals surface area contributed by atoms with Crippen molar-refractivity contribution in [2.75, 3.05) is 11.9 Å². The number of amides is 1. The van der Waals surface area contributed by atoms with Crippen LogP contribution in [0.15, 0.2) is 29.2 Å². The zero-order valence-corrected chi connectivity index (χ0v) is 13.5. The lowest BCUT2D eigenvalue weighted by atomic mass is 9.86. The lowest BCUT2D eigenvalue weighted by Gasteiger charge is -2.26. The Kier molecular flexibility index (Phi) is 5.55. The van der Waals surface area contributed by atoms with E-state index in [1.807, 2.05) is 0 Å². The Morgan fingerprint density at radius 2 is 1.95 bits per heavy atom. The minimum absolute atomic E-state index is 0.181. The average Bonchev–Trinajstić information content (AvgIpc) is 2.45. The van der Waals surface area contributed by atoms with Crippen LogP contribution in [0, 0.1) is 5.92 Å². The predicted molar refractivity (Wildman–Crippen MR) is 85.9 cm³/mol. The molecule has 1 aliphatic rings. The summed E-state index contributed by atoms with van der Waals surface area (Å²) in [6.45, 7) is 1.82. The standard InChI is InChI=1S/C15H23N3O3S/c1-11(19)18-14-5-7-15(8-6-14)22(20,21)17-10-12-3-2-4-13(16)9-12/h5-8,12-13,17H,2-4,9-10,16H2,1H3,(H,18,19). The van der Waals surface area contributed by atoms with Crippen molar-refractivity contribution < 1.29 is 13.2 Å². The summed E-state index contributed by atoms with van der Waals surface area (Å²) in [5.74, 6) is 0.111. The third-order valence-electron chi connectivity index (χ3n) is 3.87. The van der Waals surface area contributed by atoms with Crippen LogP contribution in [0.5, 0.6) is 0 Å². The molecule has 1 aromatic rings. The number of carbonyl (C=O) groups excluding carboxylic acids is 1. The Labute approximate surface area is 131 Å². The molecule has 0 aromatic heterocycles. The molecular weight excluding hydrogens is 302 g/mol. The van der Waals surface area contributed by atoms with Crippen LogP contribution < -0.4 is 15.8 Å². The first kappa shape index (κ1) is 16.9. The number of carbonyl (C=O) groups is 1. The van der Waals surface area contributed by atoms with Crippen LogP contribution in [0.3, 0.4) is 0 Å². The molecule has 122 valence electrons. The highest BCUT2D eigenvalue weighted by atomic mass is 32.2. The van der Waals surface area contributed by atoms with E-state index in [1.54, 1.807) is 12.1 Å². The highest BCUT2D eigenvalue weighted by Crippen LogP contribution is 2.23. The highest BCUT2D eigenvalue weighted by Gasteiger charge is 2.22. The van der Waals surface area contributed by atoms with Gasteiger partial charge in [0.2, 0.25) is 15.9 Å². The molecule has 0 heterocycles. The van der Waals surface area contributed by atoms with Crippen molar-refractivity contribution >= 4 is 21.6 Å². The van der Waals surface area contributed by atoms with Crippen molar-refractivity contribution in [2.24, 2.45) is 11.7 Å². The van der Waals surface area contributed by atoms with Gasteiger partial charge in [0.25, 0.3) is 0 Å². The molecule has 1 fully saturated rings. The van der Waals surface area contributed by atoms with Crippen molar-refractivity contribution in [3.63, 3.8) is 0 Å². The number of hydrogen-bond acceptors (Lipinski definition) is 4. The molecule has 0 aliphatic heterocycles. The van der Waals surface area contributed by atoms with Gasteiger partial charge in [-0.2, -0.15) is 0 Å². The third-order valence-corrected chi connectivity index (χ3v) is 5.31. The summed E-state index contributed by atoms with van der Waals surface area (Å²) in [5.41, 5.74) is 6.49. The third kappa shape index (κ3) is 4.79. The largest absolute Gasteiger partial charge is 0.328 e. The first-order valence-electron chi connectivity index (χ1n) is 7.50. The average molecular weight is 325 g/mol. The molecule has 1 amide bonds. The van der Waals surface area contributed by atoms with Gasteiger partial charge in [-0.25, -0.2) is 13.1 Å². The molecular formula is C15H23N3O3S. The molecule has 0 saturated heterocycles. The Morgan fingerprint density at radius 1 is 1.27 bits per heavy atom. The first-order chi connectivity index (χ1) is 10.4. The molecule has 7 heteroatoms.